The van der Waals surface area contributed by atoms with E-state index in [0.29, 0.717) is 22.0 Å². The molecule has 2 amide bonds. The average molecular weight is 425 g/mol. The predicted octanol–water partition coefficient (Wildman–Crippen LogP) is 4.94. The van der Waals surface area contributed by atoms with Gasteiger partial charge in [0.15, 0.2) is 0 Å². The van der Waals surface area contributed by atoms with Crippen molar-refractivity contribution in [3.8, 4) is 0 Å². The van der Waals surface area contributed by atoms with Crippen molar-refractivity contribution in [1.29, 1.82) is 0 Å². The molecule has 1 fully saturated rings. The smallest absolute Gasteiger partial charge is 0.265 e. The van der Waals surface area contributed by atoms with E-state index in [0.717, 1.165) is 48.4 Å². The highest BCUT2D eigenvalue weighted by molar-refractivity contribution is 7.20. The van der Waals surface area contributed by atoms with Crippen molar-refractivity contribution in [3.63, 3.8) is 0 Å². The molecule has 7 heteroatoms. The fourth-order valence-electron chi connectivity index (χ4n) is 3.92. The van der Waals surface area contributed by atoms with Gasteiger partial charge in [0.1, 0.15) is 4.83 Å². The summed E-state index contributed by atoms with van der Waals surface area (Å²) in [5, 5.41) is 8.60. The third-order valence-electron chi connectivity index (χ3n) is 5.42. The van der Waals surface area contributed by atoms with Gasteiger partial charge in [-0.3, -0.25) is 14.3 Å². The number of amides is 2. The van der Waals surface area contributed by atoms with E-state index in [-0.39, 0.29) is 11.8 Å². The van der Waals surface area contributed by atoms with E-state index in [1.807, 2.05) is 34.7 Å². The largest absolute Gasteiger partial charge is 0.339 e. The first-order chi connectivity index (χ1) is 14.4. The topological polar surface area (TPSA) is 67.2 Å². The van der Waals surface area contributed by atoms with E-state index in [1.165, 1.54) is 17.8 Å². The number of thiophene rings is 1. The lowest BCUT2D eigenvalue weighted by Crippen LogP contribution is -2.36. The molecule has 3 heterocycles. The highest BCUT2D eigenvalue weighted by atomic mass is 32.1. The predicted molar refractivity (Wildman–Crippen MR) is 121 cm³/mol. The molecule has 30 heavy (non-hydrogen) atoms. The molecule has 4 rings (SSSR count). The minimum atomic E-state index is -0.189. The number of fused-ring (bicyclic) bond motifs is 1. The lowest BCUT2D eigenvalue weighted by Gasteiger charge is -2.27. The van der Waals surface area contributed by atoms with Crippen molar-refractivity contribution >= 4 is 39.1 Å². The molecule has 1 N–H and O–H groups in total. The number of aryl methyl sites for hydroxylation is 1. The fourth-order valence-corrected chi connectivity index (χ4v) is 4.99. The Morgan fingerprint density at radius 2 is 1.90 bits per heavy atom. The van der Waals surface area contributed by atoms with Gasteiger partial charge in [-0.15, -0.1) is 11.3 Å². The number of hydrogen-bond acceptors (Lipinski definition) is 4. The summed E-state index contributed by atoms with van der Waals surface area (Å²) >= 11 is 1.45. The van der Waals surface area contributed by atoms with Crippen LogP contribution in [0.15, 0.2) is 30.3 Å². The minimum Gasteiger partial charge on any atom is -0.339 e. The van der Waals surface area contributed by atoms with Gasteiger partial charge in [0, 0.05) is 25.0 Å². The monoisotopic (exact) mass is 424 g/mol. The average Bonchev–Trinajstić information content (AvgIpc) is 3.30. The molecule has 1 saturated heterocycles. The zero-order valence-corrected chi connectivity index (χ0v) is 18.6. The van der Waals surface area contributed by atoms with Crippen LogP contribution >= 0.6 is 11.3 Å². The van der Waals surface area contributed by atoms with Gasteiger partial charge in [0.05, 0.1) is 21.8 Å². The number of rotatable bonds is 5. The van der Waals surface area contributed by atoms with Crippen LogP contribution in [0.5, 0.6) is 0 Å². The SMILES string of the molecule is Cc1nn(CC(C)C)c2sc(C(=O)Nc3ccccc3C(=O)N3CCCCC3)cc12. The number of aromatic nitrogens is 2. The highest BCUT2D eigenvalue weighted by Gasteiger charge is 2.22. The summed E-state index contributed by atoms with van der Waals surface area (Å²) in [5.74, 6) is 0.274. The van der Waals surface area contributed by atoms with E-state index in [4.69, 9.17) is 0 Å². The summed E-state index contributed by atoms with van der Waals surface area (Å²) in [6.07, 6.45) is 3.24. The van der Waals surface area contributed by atoms with Gasteiger partial charge in [0.25, 0.3) is 11.8 Å². The van der Waals surface area contributed by atoms with E-state index < -0.39 is 0 Å². The molecule has 0 atom stereocenters. The highest BCUT2D eigenvalue weighted by Crippen LogP contribution is 2.30. The van der Waals surface area contributed by atoms with Gasteiger partial charge < -0.3 is 10.2 Å². The number of piperidine rings is 1. The Labute approximate surface area is 180 Å². The first-order valence-corrected chi connectivity index (χ1v) is 11.4. The van der Waals surface area contributed by atoms with Crippen LogP contribution in [0.3, 0.4) is 0 Å². The number of nitrogens with one attached hydrogen (secondary N) is 1. The Morgan fingerprint density at radius 1 is 1.17 bits per heavy atom. The van der Waals surface area contributed by atoms with Crippen LogP contribution in [0.25, 0.3) is 10.2 Å². The van der Waals surface area contributed by atoms with Gasteiger partial charge in [-0.25, -0.2) is 0 Å². The van der Waals surface area contributed by atoms with E-state index in [2.05, 4.69) is 24.3 Å². The zero-order valence-electron chi connectivity index (χ0n) is 17.8. The summed E-state index contributed by atoms with van der Waals surface area (Å²) in [6, 6.07) is 9.19. The standard InChI is InChI=1S/C23H28N4O2S/c1-15(2)14-27-23-18(16(3)25-27)13-20(30-23)21(28)24-19-10-6-5-9-17(19)22(29)26-11-7-4-8-12-26/h5-6,9-10,13,15H,4,7-8,11-12,14H2,1-3H3,(H,24,28). The number of hydrogen-bond donors (Lipinski definition) is 1. The molecule has 2 aromatic heterocycles. The number of anilines is 1. The fraction of sp³-hybridized carbons (Fsp3) is 0.435. The number of benzene rings is 1. The molecule has 3 aromatic rings. The number of likely N-dealkylation sites (tertiary alicyclic amines) is 1. The van der Waals surface area contributed by atoms with Crippen molar-refractivity contribution in [2.24, 2.45) is 5.92 Å². The van der Waals surface area contributed by atoms with Crippen LogP contribution < -0.4 is 5.32 Å². The van der Waals surface area contributed by atoms with E-state index in [1.54, 1.807) is 12.1 Å². The first-order valence-electron chi connectivity index (χ1n) is 10.6. The quantitative estimate of drug-likeness (QED) is 0.631. The van der Waals surface area contributed by atoms with Crippen molar-refractivity contribution in [2.45, 2.75) is 46.6 Å². The van der Waals surface area contributed by atoms with Crippen LogP contribution in [0.2, 0.25) is 0 Å². The molecule has 0 bridgehead atoms. The maximum atomic E-state index is 13.0. The Bertz CT molecular complexity index is 1080. The molecule has 0 saturated carbocycles. The summed E-state index contributed by atoms with van der Waals surface area (Å²) in [7, 11) is 0. The van der Waals surface area contributed by atoms with Crippen LogP contribution in [-0.4, -0.2) is 39.6 Å². The van der Waals surface area contributed by atoms with Crippen LogP contribution in [0.1, 0.15) is 58.8 Å². The molecule has 158 valence electrons. The molecule has 1 aliphatic rings. The Hall–Kier alpha value is -2.67. The van der Waals surface area contributed by atoms with Gasteiger partial charge in [0.2, 0.25) is 0 Å². The Balaban J connectivity index is 1.58. The van der Waals surface area contributed by atoms with Gasteiger partial charge >= 0.3 is 0 Å². The number of carbonyl (C=O) groups excluding carboxylic acids is 2. The number of nitrogens with zero attached hydrogens (tertiary/aromatic N) is 3. The van der Waals surface area contributed by atoms with Crippen LogP contribution in [0, 0.1) is 12.8 Å². The minimum absolute atomic E-state index is 0.00893. The summed E-state index contributed by atoms with van der Waals surface area (Å²) in [6.45, 7) is 8.66. The molecule has 0 unspecified atom stereocenters. The maximum absolute atomic E-state index is 13.0. The summed E-state index contributed by atoms with van der Waals surface area (Å²) < 4.78 is 1.99. The lowest BCUT2D eigenvalue weighted by atomic mass is 10.1. The zero-order chi connectivity index (χ0) is 21.3. The second-order valence-corrected chi connectivity index (χ2v) is 9.37. The van der Waals surface area contributed by atoms with E-state index >= 15 is 0 Å². The third-order valence-corrected chi connectivity index (χ3v) is 6.57. The lowest BCUT2D eigenvalue weighted by molar-refractivity contribution is 0.0725. The van der Waals surface area contributed by atoms with Crippen molar-refractivity contribution in [3.05, 3.63) is 46.5 Å². The maximum Gasteiger partial charge on any atom is 0.265 e. The second-order valence-electron chi connectivity index (χ2n) is 8.34. The Kier molecular flexibility index (Phi) is 5.90. The third kappa shape index (κ3) is 4.12. The summed E-state index contributed by atoms with van der Waals surface area (Å²) in [5.41, 5.74) is 2.05. The van der Waals surface area contributed by atoms with Gasteiger partial charge in [-0.1, -0.05) is 26.0 Å². The number of carbonyl (C=O) groups is 2. The van der Waals surface area contributed by atoms with Gasteiger partial charge in [-0.05, 0) is 50.3 Å². The normalized spacial score (nSPS) is 14.5. The molecule has 1 aliphatic heterocycles. The molecule has 0 aliphatic carbocycles. The van der Waals surface area contributed by atoms with Crippen molar-refractivity contribution in [2.75, 3.05) is 18.4 Å². The molecule has 0 radical (unpaired) electrons. The molecule has 0 spiro atoms. The number of para-hydroxylation sites is 1. The Morgan fingerprint density at radius 3 is 2.63 bits per heavy atom. The van der Waals surface area contributed by atoms with Crippen molar-refractivity contribution in [1.82, 2.24) is 14.7 Å². The van der Waals surface area contributed by atoms with Gasteiger partial charge in [-0.2, -0.15) is 5.10 Å². The molecule has 1 aromatic carbocycles. The summed E-state index contributed by atoms with van der Waals surface area (Å²) in [4.78, 5) is 29.6. The second kappa shape index (κ2) is 8.60. The van der Waals surface area contributed by atoms with E-state index in [9.17, 15) is 9.59 Å². The molecular formula is C23H28N4O2S. The van der Waals surface area contributed by atoms with Crippen molar-refractivity contribution < 1.29 is 9.59 Å². The van der Waals surface area contributed by atoms with Crippen LogP contribution in [-0.2, 0) is 6.54 Å². The molecule has 6 nitrogen and oxygen atoms in total. The first kappa shape index (κ1) is 20.6. The molecular weight excluding hydrogens is 396 g/mol. The van der Waals surface area contributed by atoms with Crippen LogP contribution in [0.4, 0.5) is 5.69 Å².